The van der Waals surface area contributed by atoms with Crippen molar-refractivity contribution in [1.29, 1.82) is 0 Å². The van der Waals surface area contributed by atoms with Crippen molar-refractivity contribution in [2.45, 2.75) is 29.9 Å². The Balaban J connectivity index is 1.78. The number of hydrogen-bond donors (Lipinski definition) is 1. The molecule has 2 aromatic carbocycles. The Labute approximate surface area is 188 Å². The molecule has 0 spiro atoms. The highest BCUT2D eigenvalue weighted by Gasteiger charge is 2.29. The van der Waals surface area contributed by atoms with Crippen molar-refractivity contribution < 1.29 is 17.4 Å². The van der Waals surface area contributed by atoms with Gasteiger partial charge in [0.05, 0.1) is 21.5 Å². The van der Waals surface area contributed by atoms with Gasteiger partial charge in [0.15, 0.2) is 10.9 Å². The van der Waals surface area contributed by atoms with Crippen LogP contribution in [0.25, 0.3) is 0 Å². The Morgan fingerprint density at radius 3 is 2.70 bits per heavy atom. The molecule has 1 aliphatic rings. The Bertz CT molecular complexity index is 1120. The van der Waals surface area contributed by atoms with Crippen molar-refractivity contribution in [3.05, 3.63) is 58.1 Å². The van der Waals surface area contributed by atoms with Crippen LogP contribution in [0.3, 0.4) is 0 Å². The molecule has 1 fully saturated rings. The summed E-state index contributed by atoms with van der Waals surface area (Å²) in [7, 11) is -4.14. The summed E-state index contributed by atoms with van der Waals surface area (Å²) in [5.74, 6) is -0.0215. The lowest BCUT2D eigenvalue weighted by atomic mass is 10.2. The molecular weight excluding hydrogens is 469 g/mol. The molecule has 1 N–H and O–H groups in total. The summed E-state index contributed by atoms with van der Waals surface area (Å²) < 4.78 is 30.4. The van der Waals surface area contributed by atoms with Gasteiger partial charge in [-0.2, -0.15) is 13.5 Å². The van der Waals surface area contributed by atoms with Gasteiger partial charge in [0.25, 0.3) is 0 Å². The summed E-state index contributed by atoms with van der Waals surface area (Å²) in [4.78, 5) is 11.7. The van der Waals surface area contributed by atoms with Gasteiger partial charge >= 0.3 is 10.1 Å². The minimum atomic E-state index is -4.14. The summed E-state index contributed by atoms with van der Waals surface area (Å²) in [6.07, 6.45) is 2.99. The van der Waals surface area contributed by atoms with Crippen molar-refractivity contribution in [2.75, 3.05) is 0 Å². The molecule has 1 heterocycles. The van der Waals surface area contributed by atoms with Crippen LogP contribution in [0.4, 0.5) is 0 Å². The predicted molar refractivity (Wildman–Crippen MR) is 120 cm³/mol. The van der Waals surface area contributed by atoms with Crippen LogP contribution in [0.15, 0.2) is 57.6 Å². The molecule has 0 aliphatic carbocycles. The zero-order valence-electron chi connectivity index (χ0n) is 15.7. The molecule has 30 heavy (non-hydrogen) atoms. The highest BCUT2D eigenvalue weighted by molar-refractivity contribution is 8.15. The number of thioether (sulfide) groups is 1. The van der Waals surface area contributed by atoms with E-state index in [0.717, 1.165) is 12.8 Å². The maximum atomic E-state index is 12.6. The number of rotatable bonds is 7. The van der Waals surface area contributed by atoms with Crippen molar-refractivity contribution in [1.82, 2.24) is 5.32 Å². The lowest BCUT2D eigenvalue weighted by Crippen LogP contribution is -2.24. The van der Waals surface area contributed by atoms with Crippen LogP contribution in [0, 0.1) is 0 Å². The van der Waals surface area contributed by atoms with Crippen LogP contribution >= 0.6 is 35.0 Å². The second-order valence-corrected chi connectivity index (χ2v) is 9.74. The van der Waals surface area contributed by atoms with E-state index in [1.807, 2.05) is 6.92 Å². The Kier molecular flexibility index (Phi) is 7.41. The van der Waals surface area contributed by atoms with Gasteiger partial charge in [0.2, 0.25) is 5.91 Å². The molecule has 1 saturated heterocycles. The molecule has 3 rings (SSSR count). The van der Waals surface area contributed by atoms with Gasteiger partial charge < -0.3 is 9.50 Å². The maximum Gasteiger partial charge on any atom is 0.339 e. The number of amides is 1. The molecule has 1 atom stereocenters. The van der Waals surface area contributed by atoms with E-state index in [1.54, 1.807) is 18.2 Å². The molecule has 11 heteroatoms. The number of benzene rings is 2. The van der Waals surface area contributed by atoms with Gasteiger partial charge in [-0.05, 0) is 36.8 Å². The normalized spacial score (nSPS) is 18.2. The number of para-hydroxylation sites is 1. The Hall–Kier alpha value is -2.07. The molecule has 0 radical (unpaired) electrons. The second-order valence-electron chi connectivity index (χ2n) is 6.19. The molecule has 0 aromatic heterocycles. The van der Waals surface area contributed by atoms with Crippen LogP contribution in [0.1, 0.15) is 25.3 Å². The van der Waals surface area contributed by atoms with Crippen LogP contribution < -0.4 is 9.50 Å². The number of amidine groups is 1. The predicted octanol–water partition coefficient (Wildman–Crippen LogP) is 4.48. The van der Waals surface area contributed by atoms with Crippen LogP contribution in [-0.4, -0.2) is 31.0 Å². The molecule has 1 amide bonds. The number of nitrogens with zero attached hydrogens (tertiary/aromatic N) is 2. The number of halogens is 2. The summed E-state index contributed by atoms with van der Waals surface area (Å²) in [6.45, 7) is 2.00. The Morgan fingerprint density at radius 1 is 1.20 bits per heavy atom. The third-order valence-electron chi connectivity index (χ3n) is 3.97. The van der Waals surface area contributed by atoms with E-state index in [4.69, 9.17) is 27.4 Å². The average Bonchev–Trinajstić information content (AvgIpc) is 3.04. The lowest BCUT2D eigenvalue weighted by molar-refractivity contribution is -0.118. The first-order valence-corrected chi connectivity index (χ1v) is 11.9. The molecule has 1 aliphatic heterocycles. The zero-order valence-corrected chi connectivity index (χ0v) is 18.9. The van der Waals surface area contributed by atoms with Crippen LogP contribution in [0.2, 0.25) is 10.0 Å². The van der Waals surface area contributed by atoms with Gasteiger partial charge in [-0.15, -0.1) is 5.10 Å². The van der Waals surface area contributed by atoms with Gasteiger partial charge in [0, 0.05) is 5.56 Å². The summed E-state index contributed by atoms with van der Waals surface area (Å²) in [5, 5.41) is 11.2. The fourth-order valence-corrected chi connectivity index (χ4v) is 4.90. The van der Waals surface area contributed by atoms with E-state index in [2.05, 4.69) is 15.5 Å². The van der Waals surface area contributed by atoms with Crippen molar-refractivity contribution in [2.24, 2.45) is 10.2 Å². The smallest absolute Gasteiger partial charge is 0.339 e. The molecule has 0 unspecified atom stereocenters. The molecule has 0 bridgehead atoms. The van der Waals surface area contributed by atoms with Crippen LogP contribution in [0.5, 0.6) is 5.75 Å². The largest absolute Gasteiger partial charge is 0.378 e. The minimum absolute atomic E-state index is 0.0690. The second kappa shape index (κ2) is 9.82. The van der Waals surface area contributed by atoms with Gasteiger partial charge in [-0.3, -0.25) is 4.79 Å². The molecule has 158 valence electrons. The maximum absolute atomic E-state index is 12.6. The van der Waals surface area contributed by atoms with E-state index >= 15 is 0 Å². The topological polar surface area (TPSA) is 97.2 Å². The van der Waals surface area contributed by atoms with Gasteiger partial charge in [-0.25, -0.2) is 0 Å². The highest BCUT2D eigenvalue weighted by Crippen LogP contribution is 2.28. The number of hydrogen-bond acceptors (Lipinski definition) is 7. The lowest BCUT2D eigenvalue weighted by Gasteiger charge is -2.09. The standard InChI is InChI=1S/C19H17Cl2N3O4S2/c1-2-5-17-18(25)23-19(29-17)24-22-11-12-6-3-4-7-16(12)28-30(26,27)13-8-9-14(20)15(21)10-13/h3-4,6-11,17H,2,5H2,1H3,(H,23,24,25)/t17-/m1/s1. The molecule has 7 nitrogen and oxygen atoms in total. The molecular formula is C19H17Cl2N3O4S2. The SMILES string of the molecule is CCC[C@H]1SC(=NN=Cc2ccccc2OS(=O)(=O)c2ccc(Cl)c(Cl)c2)NC1=O. The Morgan fingerprint density at radius 2 is 1.97 bits per heavy atom. The van der Waals surface area contributed by atoms with E-state index < -0.39 is 10.1 Å². The van der Waals surface area contributed by atoms with Crippen LogP contribution in [-0.2, 0) is 14.9 Å². The van der Waals surface area contributed by atoms with E-state index in [9.17, 15) is 13.2 Å². The fraction of sp³-hybridized carbons (Fsp3) is 0.211. The monoisotopic (exact) mass is 485 g/mol. The third kappa shape index (κ3) is 5.54. The first-order chi connectivity index (χ1) is 14.3. The summed E-state index contributed by atoms with van der Waals surface area (Å²) in [6, 6.07) is 10.4. The van der Waals surface area contributed by atoms with E-state index in [-0.39, 0.29) is 31.8 Å². The highest BCUT2D eigenvalue weighted by atomic mass is 35.5. The van der Waals surface area contributed by atoms with Crippen molar-refractivity contribution in [3.8, 4) is 5.75 Å². The summed E-state index contributed by atoms with van der Waals surface area (Å²) >= 11 is 13.1. The summed E-state index contributed by atoms with van der Waals surface area (Å²) in [5.41, 5.74) is 0.393. The number of carbonyl (C=O) groups excluding carboxylic acids is 1. The third-order valence-corrected chi connectivity index (χ3v) is 7.08. The zero-order chi connectivity index (χ0) is 21.7. The van der Waals surface area contributed by atoms with Crippen molar-refractivity contribution >= 4 is 62.4 Å². The van der Waals surface area contributed by atoms with E-state index in [0.29, 0.717) is 10.7 Å². The fourth-order valence-electron chi connectivity index (χ4n) is 2.51. The first kappa shape index (κ1) is 22.6. The number of nitrogens with one attached hydrogen (secondary N) is 1. The van der Waals surface area contributed by atoms with Gasteiger partial charge in [-0.1, -0.05) is 60.4 Å². The van der Waals surface area contributed by atoms with Crippen molar-refractivity contribution in [3.63, 3.8) is 0 Å². The first-order valence-electron chi connectivity index (χ1n) is 8.87. The molecule has 0 saturated carbocycles. The quantitative estimate of drug-likeness (QED) is 0.354. The van der Waals surface area contributed by atoms with Gasteiger partial charge in [0.1, 0.15) is 4.90 Å². The minimum Gasteiger partial charge on any atom is -0.378 e. The molecule has 2 aromatic rings. The van der Waals surface area contributed by atoms with E-state index in [1.165, 1.54) is 42.2 Å². The average molecular weight is 486 g/mol. The number of carbonyl (C=O) groups is 1.